The second kappa shape index (κ2) is 8.81. The van der Waals surface area contributed by atoms with Gasteiger partial charge in [-0.05, 0) is 42.8 Å². The molecule has 0 amide bonds. The summed E-state index contributed by atoms with van der Waals surface area (Å²) in [5, 5.41) is 7.99. The normalized spacial score (nSPS) is 15.9. The van der Waals surface area contributed by atoms with E-state index >= 15 is 0 Å². The average molecular weight is 492 g/mol. The van der Waals surface area contributed by atoms with E-state index in [1.54, 1.807) is 30.5 Å². The number of hydrogen-bond donors (Lipinski definition) is 0. The summed E-state index contributed by atoms with van der Waals surface area (Å²) in [4.78, 5) is 0.258. The number of aryl methyl sites for hydroxylation is 1. The lowest BCUT2D eigenvalue weighted by molar-refractivity contribution is 0.589. The Morgan fingerprint density at radius 3 is 2.14 bits per heavy atom. The van der Waals surface area contributed by atoms with Crippen LogP contribution < -0.4 is 5.01 Å². The molecule has 178 valence electrons. The fourth-order valence-corrected chi connectivity index (χ4v) is 6.22. The van der Waals surface area contributed by atoms with Crippen molar-refractivity contribution in [3.8, 4) is 0 Å². The first kappa shape index (κ1) is 22.3. The highest BCUT2D eigenvalue weighted by atomic mass is 32.2. The highest BCUT2D eigenvalue weighted by Gasteiger charge is 2.32. The van der Waals surface area contributed by atoms with Crippen LogP contribution in [-0.2, 0) is 10.0 Å². The number of rotatable bonds is 5. The van der Waals surface area contributed by atoms with Crippen LogP contribution in [0.2, 0.25) is 0 Å². The Bertz CT molecular complexity index is 1670. The number of nitrogens with zero attached hydrogens (tertiary/aromatic N) is 3. The van der Waals surface area contributed by atoms with Gasteiger partial charge in [0.15, 0.2) is 0 Å². The summed E-state index contributed by atoms with van der Waals surface area (Å²) in [5.74, 6) is 0. The van der Waals surface area contributed by atoms with Crippen LogP contribution in [0.5, 0.6) is 0 Å². The largest absolute Gasteiger partial charge is 0.268 e. The fourth-order valence-electron chi connectivity index (χ4n) is 4.82. The molecule has 0 radical (unpaired) electrons. The molecular weight excluding hydrogens is 466 g/mol. The average Bonchev–Trinajstić information content (AvgIpc) is 3.53. The van der Waals surface area contributed by atoms with E-state index in [4.69, 9.17) is 5.10 Å². The van der Waals surface area contributed by atoms with Crippen molar-refractivity contribution in [3.05, 3.63) is 132 Å². The highest BCUT2D eigenvalue weighted by Crippen LogP contribution is 2.38. The molecule has 1 unspecified atom stereocenters. The predicted molar refractivity (Wildman–Crippen MR) is 145 cm³/mol. The second-order valence-electron chi connectivity index (χ2n) is 9.03. The molecule has 0 N–H and O–H groups in total. The van der Waals surface area contributed by atoms with E-state index in [1.165, 1.54) is 15.1 Å². The number of benzene rings is 4. The lowest BCUT2D eigenvalue weighted by atomic mass is 9.97. The zero-order chi connectivity index (χ0) is 24.7. The van der Waals surface area contributed by atoms with Gasteiger partial charge < -0.3 is 0 Å². The topological polar surface area (TPSA) is 54.7 Å². The molecule has 5 nitrogen and oxygen atoms in total. The van der Waals surface area contributed by atoms with Crippen LogP contribution in [0.15, 0.2) is 125 Å². The van der Waals surface area contributed by atoms with Crippen LogP contribution in [0.1, 0.15) is 29.2 Å². The van der Waals surface area contributed by atoms with Crippen molar-refractivity contribution >= 4 is 32.3 Å². The monoisotopic (exact) mass is 491 g/mol. The van der Waals surface area contributed by atoms with Crippen LogP contribution in [0.4, 0.5) is 5.69 Å². The summed E-state index contributed by atoms with van der Waals surface area (Å²) < 4.78 is 28.6. The molecule has 0 saturated heterocycles. The second-order valence-corrected chi connectivity index (χ2v) is 10.8. The van der Waals surface area contributed by atoms with Gasteiger partial charge in [-0.2, -0.15) is 5.10 Å². The van der Waals surface area contributed by atoms with Gasteiger partial charge in [-0.1, -0.05) is 84.4 Å². The summed E-state index contributed by atoms with van der Waals surface area (Å²) in [6.07, 6.45) is 2.39. The summed E-state index contributed by atoms with van der Waals surface area (Å²) in [7, 11) is -3.76. The number of hydrogen-bond acceptors (Lipinski definition) is 4. The Kier molecular flexibility index (Phi) is 5.46. The minimum absolute atomic E-state index is 0.0100. The Morgan fingerprint density at radius 2 is 1.42 bits per heavy atom. The van der Waals surface area contributed by atoms with E-state index in [2.05, 4.69) is 48.3 Å². The summed E-state index contributed by atoms with van der Waals surface area (Å²) >= 11 is 0. The van der Waals surface area contributed by atoms with Gasteiger partial charge in [0.25, 0.3) is 10.0 Å². The van der Waals surface area contributed by atoms with Gasteiger partial charge in [-0.3, -0.25) is 5.01 Å². The van der Waals surface area contributed by atoms with E-state index in [0.717, 1.165) is 22.3 Å². The van der Waals surface area contributed by atoms with Gasteiger partial charge in [0, 0.05) is 23.6 Å². The summed E-state index contributed by atoms with van der Waals surface area (Å²) in [6.45, 7) is 2.08. The number of para-hydroxylation sites is 2. The molecule has 2 heterocycles. The molecular formula is C30H25N3O2S. The smallest absolute Gasteiger partial charge is 0.257 e. The van der Waals surface area contributed by atoms with Crippen molar-refractivity contribution in [2.45, 2.75) is 24.3 Å². The summed E-state index contributed by atoms with van der Waals surface area (Å²) in [6, 6.07) is 34.8. The van der Waals surface area contributed by atoms with E-state index in [1.807, 2.05) is 48.5 Å². The molecule has 1 aliphatic heterocycles. The number of hydrazone groups is 1. The molecule has 0 bridgehead atoms. The maximum atomic E-state index is 13.6. The first-order valence-electron chi connectivity index (χ1n) is 11.9. The third kappa shape index (κ3) is 3.80. The molecule has 1 aliphatic rings. The predicted octanol–water partition coefficient (Wildman–Crippen LogP) is 6.54. The SMILES string of the molecule is Cc1ccc(C2CC(c3cn(S(=O)(=O)c4ccccc4)c4ccccc34)=NN2c2ccccc2)cc1. The standard InChI is InChI=1S/C30H25N3O2S/c1-22-16-18-23(19-17-22)30-20-28(31-33(30)24-10-4-2-5-11-24)27-21-32(29-15-9-8-14-26(27)29)36(34,35)25-12-6-3-7-13-25/h2-19,21,30H,20H2,1H3. The minimum Gasteiger partial charge on any atom is -0.257 e. The van der Waals surface area contributed by atoms with Gasteiger partial charge in [-0.15, -0.1) is 0 Å². The van der Waals surface area contributed by atoms with Crippen molar-refractivity contribution in [1.82, 2.24) is 3.97 Å². The zero-order valence-electron chi connectivity index (χ0n) is 19.8. The van der Waals surface area contributed by atoms with E-state index < -0.39 is 10.0 Å². The fraction of sp³-hybridized carbons (Fsp3) is 0.100. The molecule has 0 spiro atoms. The van der Waals surface area contributed by atoms with E-state index in [0.29, 0.717) is 11.9 Å². The van der Waals surface area contributed by atoms with E-state index in [-0.39, 0.29) is 10.9 Å². The van der Waals surface area contributed by atoms with Crippen LogP contribution in [0.3, 0.4) is 0 Å². The molecule has 6 rings (SSSR count). The Hall–Kier alpha value is -4.16. The molecule has 0 saturated carbocycles. The molecule has 36 heavy (non-hydrogen) atoms. The first-order valence-corrected chi connectivity index (χ1v) is 13.4. The van der Waals surface area contributed by atoms with Crippen LogP contribution >= 0.6 is 0 Å². The van der Waals surface area contributed by atoms with Crippen molar-refractivity contribution in [1.29, 1.82) is 0 Å². The molecule has 1 atom stereocenters. The number of anilines is 1. The van der Waals surface area contributed by atoms with Gasteiger partial charge in [0.05, 0.1) is 27.9 Å². The van der Waals surface area contributed by atoms with Crippen LogP contribution in [0.25, 0.3) is 10.9 Å². The lowest BCUT2D eigenvalue weighted by Crippen LogP contribution is -2.18. The van der Waals surface area contributed by atoms with Gasteiger partial charge in [-0.25, -0.2) is 12.4 Å². The Labute approximate surface area is 211 Å². The zero-order valence-corrected chi connectivity index (χ0v) is 20.6. The van der Waals surface area contributed by atoms with Crippen LogP contribution in [0, 0.1) is 6.92 Å². The number of fused-ring (bicyclic) bond motifs is 1. The molecule has 4 aromatic carbocycles. The van der Waals surface area contributed by atoms with Gasteiger partial charge >= 0.3 is 0 Å². The maximum absolute atomic E-state index is 13.6. The Balaban J connectivity index is 1.50. The maximum Gasteiger partial charge on any atom is 0.268 e. The third-order valence-corrected chi connectivity index (χ3v) is 8.37. The molecule has 6 heteroatoms. The molecule has 5 aromatic rings. The minimum atomic E-state index is -3.76. The Morgan fingerprint density at radius 1 is 0.778 bits per heavy atom. The quantitative estimate of drug-likeness (QED) is 0.280. The third-order valence-electron chi connectivity index (χ3n) is 6.68. The van der Waals surface area contributed by atoms with Crippen molar-refractivity contribution in [2.24, 2.45) is 5.10 Å². The molecule has 1 aromatic heterocycles. The first-order chi connectivity index (χ1) is 17.5. The van der Waals surface area contributed by atoms with Crippen molar-refractivity contribution < 1.29 is 8.42 Å². The lowest BCUT2D eigenvalue weighted by Gasteiger charge is -2.24. The molecule has 0 aliphatic carbocycles. The van der Waals surface area contributed by atoms with Crippen molar-refractivity contribution in [3.63, 3.8) is 0 Å². The highest BCUT2D eigenvalue weighted by molar-refractivity contribution is 7.90. The van der Waals surface area contributed by atoms with Gasteiger partial charge in [0.1, 0.15) is 0 Å². The van der Waals surface area contributed by atoms with Gasteiger partial charge in [0.2, 0.25) is 0 Å². The summed E-state index contributed by atoms with van der Waals surface area (Å²) in [5.41, 5.74) is 5.72. The van der Waals surface area contributed by atoms with Crippen molar-refractivity contribution in [2.75, 3.05) is 5.01 Å². The number of aromatic nitrogens is 1. The van der Waals surface area contributed by atoms with E-state index in [9.17, 15) is 8.42 Å². The molecule has 0 fully saturated rings. The van der Waals surface area contributed by atoms with Crippen LogP contribution in [-0.4, -0.2) is 18.1 Å².